The number of benzene rings is 1. The number of halogens is 1. The molecule has 5 heteroatoms. The molecule has 18 heavy (non-hydrogen) atoms. The minimum absolute atomic E-state index is 0.215. The molecular weight excluding hydrogens is 250 g/mol. The van der Waals surface area contributed by atoms with Gasteiger partial charge in [0.05, 0.1) is 0 Å². The average molecular weight is 262 g/mol. The van der Waals surface area contributed by atoms with Crippen LogP contribution in [0.5, 0.6) is 0 Å². The number of aromatic nitrogens is 1. The van der Waals surface area contributed by atoms with Crippen molar-refractivity contribution in [3.05, 3.63) is 58.9 Å². The third-order valence-corrected chi connectivity index (χ3v) is 2.58. The second kappa shape index (κ2) is 5.51. The molecule has 0 aliphatic rings. The highest BCUT2D eigenvalue weighted by molar-refractivity contribution is 6.31. The third kappa shape index (κ3) is 3.21. The van der Waals surface area contributed by atoms with E-state index in [1.807, 2.05) is 12.1 Å². The van der Waals surface area contributed by atoms with E-state index in [4.69, 9.17) is 17.3 Å². The molecule has 0 saturated heterocycles. The summed E-state index contributed by atoms with van der Waals surface area (Å²) in [6.45, 7) is 0.416. The lowest BCUT2D eigenvalue weighted by atomic mass is 10.2. The van der Waals surface area contributed by atoms with Crippen LogP contribution in [0.1, 0.15) is 15.9 Å². The number of hydrogen-bond acceptors (Lipinski definition) is 3. The van der Waals surface area contributed by atoms with Gasteiger partial charge in [-0.25, -0.2) is 0 Å². The Bertz CT molecular complexity index is 537. The molecule has 0 atom stereocenters. The number of carbonyl (C=O) groups is 1. The van der Waals surface area contributed by atoms with Crippen molar-refractivity contribution in [2.24, 2.45) is 0 Å². The van der Waals surface area contributed by atoms with Crippen LogP contribution in [0.4, 0.5) is 5.69 Å². The fourth-order valence-electron chi connectivity index (χ4n) is 1.53. The number of amides is 1. The number of carbonyl (C=O) groups excluding carboxylic acids is 1. The minimum atomic E-state index is -0.215. The Kier molecular flexibility index (Phi) is 3.79. The van der Waals surface area contributed by atoms with Crippen LogP contribution < -0.4 is 11.1 Å². The number of pyridine rings is 1. The van der Waals surface area contributed by atoms with Crippen LogP contribution in [-0.2, 0) is 6.54 Å². The first-order chi connectivity index (χ1) is 8.65. The maximum atomic E-state index is 11.9. The van der Waals surface area contributed by atoms with Crippen LogP contribution in [-0.4, -0.2) is 10.9 Å². The summed E-state index contributed by atoms with van der Waals surface area (Å²) in [5, 5.41) is 3.22. The molecule has 0 saturated carbocycles. The molecule has 2 aromatic rings. The fraction of sp³-hybridized carbons (Fsp3) is 0.0769. The quantitative estimate of drug-likeness (QED) is 0.833. The van der Waals surface area contributed by atoms with Crippen molar-refractivity contribution in [2.45, 2.75) is 6.54 Å². The first kappa shape index (κ1) is 12.4. The maximum Gasteiger partial charge on any atom is 0.251 e. The summed E-state index contributed by atoms with van der Waals surface area (Å²) in [5.74, 6) is -0.215. The van der Waals surface area contributed by atoms with E-state index in [1.165, 1.54) is 0 Å². The van der Waals surface area contributed by atoms with Crippen LogP contribution in [0.15, 0.2) is 42.7 Å². The van der Waals surface area contributed by atoms with Crippen molar-refractivity contribution in [1.82, 2.24) is 10.3 Å². The molecule has 0 aliphatic carbocycles. The summed E-state index contributed by atoms with van der Waals surface area (Å²) in [7, 11) is 0. The average Bonchev–Trinajstić information content (AvgIpc) is 2.36. The van der Waals surface area contributed by atoms with Gasteiger partial charge >= 0.3 is 0 Å². The highest BCUT2D eigenvalue weighted by Gasteiger charge is 2.07. The van der Waals surface area contributed by atoms with Gasteiger partial charge in [0.2, 0.25) is 0 Å². The summed E-state index contributed by atoms with van der Waals surface area (Å²) in [5.41, 5.74) is 7.48. The summed E-state index contributed by atoms with van der Waals surface area (Å²) in [6.07, 6.45) is 3.38. The van der Waals surface area contributed by atoms with E-state index in [-0.39, 0.29) is 5.91 Å². The lowest BCUT2D eigenvalue weighted by molar-refractivity contribution is 0.0951. The third-order valence-electron chi connectivity index (χ3n) is 2.36. The van der Waals surface area contributed by atoms with Gasteiger partial charge < -0.3 is 11.1 Å². The van der Waals surface area contributed by atoms with Crippen LogP contribution >= 0.6 is 11.6 Å². The largest absolute Gasteiger partial charge is 0.399 e. The Morgan fingerprint density at radius 1 is 1.39 bits per heavy atom. The topological polar surface area (TPSA) is 68.0 Å². The van der Waals surface area contributed by atoms with Gasteiger partial charge in [-0.15, -0.1) is 0 Å². The zero-order valence-corrected chi connectivity index (χ0v) is 10.3. The van der Waals surface area contributed by atoms with E-state index >= 15 is 0 Å². The monoisotopic (exact) mass is 261 g/mol. The maximum absolute atomic E-state index is 11.9. The Labute approximate surface area is 110 Å². The highest BCUT2D eigenvalue weighted by atomic mass is 35.5. The van der Waals surface area contributed by atoms with E-state index < -0.39 is 0 Å². The van der Waals surface area contributed by atoms with E-state index in [1.54, 1.807) is 30.6 Å². The van der Waals surface area contributed by atoms with E-state index in [0.717, 1.165) is 5.56 Å². The van der Waals surface area contributed by atoms with Crippen molar-refractivity contribution in [1.29, 1.82) is 0 Å². The Hall–Kier alpha value is -2.07. The van der Waals surface area contributed by atoms with Crippen molar-refractivity contribution >= 4 is 23.2 Å². The number of rotatable bonds is 3. The van der Waals surface area contributed by atoms with Crippen LogP contribution in [0.2, 0.25) is 5.02 Å². The molecule has 0 aliphatic heterocycles. The molecule has 3 N–H and O–H groups in total. The summed E-state index contributed by atoms with van der Waals surface area (Å²) in [4.78, 5) is 15.8. The van der Waals surface area contributed by atoms with Gasteiger partial charge in [-0.3, -0.25) is 9.78 Å². The van der Waals surface area contributed by atoms with E-state index in [0.29, 0.717) is 22.8 Å². The van der Waals surface area contributed by atoms with Crippen LogP contribution in [0.3, 0.4) is 0 Å². The number of anilines is 1. The molecule has 1 heterocycles. The summed E-state index contributed by atoms with van der Waals surface area (Å²) in [6, 6.07) is 8.47. The van der Waals surface area contributed by atoms with Crippen molar-refractivity contribution < 1.29 is 4.79 Å². The predicted octanol–water partition coefficient (Wildman–Crippen LogP) is 2.25. The van der Waals surface area contributed by atoms with Gasteiger partial charge in [-0.05, 0) is 29.8 Å². The second-order valence-corrected chi connectivity index (χ2v) is 4.25. The molecule has 2 rings (SSSR count). The molecule has 0 spiro atoms. The molecule has 0 unspecified atom stereocenters. The molecular formula is C13H12ClN3O. The normalized spacial score (nSPS) is 10.1. The first-order valence-electron chi connectivity index (χ1n) is 5.38. The zero-order valence-electron chi connectivity index (χ0n) is 9.56. The molecule has 0 fully saturated rings. The molecule has 92 valence electrons. The smallest absolute Gasteiger partial charge is 0.251 e. The number of nitrogens with one attached hydrogen (secondary N) is 1. The molecule has 0 bridgehead atoms. The Balaban J connectivity index is 2.04. The first-order valence-corrected chi connectivity index (χ1v) is 5.76. The van der Waals surface area contributed by atoms with Gasteiger partial charge in [0, 0.05) is 35.2 Å². The standard InChI is InChI=1S/C13H12ClN3O/c14-11-4-10(5-12(15)6-11)13(18)17-8-9-2-1-3-16-7-9/h1-7H,8,15H2,(H,17,18). The zero-order chi connectivity index (χ0) is 13.0. The van der Waals surface area contributed by atoms with Gasteiger partial charge in [0.1, 0.15) is 0 Å². The SMILES string of the molecule is Nc1cc(Cl)cc(C(=O)NCc2cccnc2)c1. The summed E-state index contributed by atoms with van der Waals surface area (Å²) >= 11 is 5.84. The van der Waals surface area contributed by atoms with Crippen molar-refractivity contribution in [3.63, 3.8) is 0 Å². The second-order valence-electron chi connectivity index (χ2n) is 3.82. The predicted molar refractivity (Wildman–Crippen MR) is 71.3 cm³/mol. The van der Waals surface area contributed by atoms with Crippen molar-refractivity contribution in [3.8, 4) is 0 Å². The van der Waals surface area contributed by atoms with Crippen molar-refractivity contribution in [2.75, 3.05) is 5.73 Å². The van der Waals surface area contributed by atoms with Gasteiger partial charge in [-0.2, -0.15) is 0 Å². The lowest BCUT2D eigenvalue weighted by Crippen LogP contribution is -2.22. The van der Waals surface area contributed by atoms with Crippen LogP contribution in [0, 0.1) is 0 Å². The Morgan fingerprint density at radius 2 is 2.22 bits per heavy atom. The number of hydrogen-bond donors (Lipinski definition) is 2. The molecule has 1 amide bonds. The van der Waals surface area contributed by atoms with Gasteiger partial charge in [0.15, 0.2) is 0 Å². The lowest BCUT2D eigenvalue weighted by Gasteiger charge is -2.06. The molecule has 1 aromatic carbocycles. The Morgan fingerprint density at radius 3 is 2.89 bits per heavy atom. The van der Waals surface area contributed by atoms with Gasteiger partial charge in [-0.1, -0.05) is 17.7 Å². The molecule has 4 nitrogen and oxygen atoms in total. The molecule has 0 radical (unpaired) electrons. The summed E-state index contributed by atoms with van der Waals surface area (Å²) < 4.78 is 0. The van der Waals surface area contributed by atoms with E-state index in [9.17, 15) is 4.79 Å². The number of nitrogen functional groups attached to an aromatic ring is 1. The van der Waals surface area contributed by atoms with Gasteiger partial charge in [0.25, 0.3) is 5.91 Å². The molecule has 1 aromatic heterocycles. The van der Waals surface area contributed by atoms with Crippen LogP contribution in [0.25, 0.3) is 0 Å². The number of nitrogens with zero attached hydrogens (tertiary/aromatic N) is 1. The van der Waals surface area contributed by atoms with E-state index in [2.05, 4.69) is 10.3 Å². The highest BCUT2D eigenvalue weighted by Crippen LogP contribution is 2.16. The minimum Gasteiger partial charge on any atom is -0.399 e. The number of nitrogens with two attached hydrogens (primary N) is 1. The fourth-order valence-corrected chi connectivity index (χ4v) is 1.77.